The van der Waals surface area contributed by atoms with Crippen molar-refractivity contribution >= 4 is 5.69 Å². The van der Waals surface area contributed by atoms with Gasteiger partial charge in [0.1, 0.15) is 0 Å². The fraction of sp³-hybridized carbons (Fsp3) is 0.211. The van der Waals surface area contributed by atoms with Crippen molar-refractivity contribution in [1.82, 2.24) is 9.55 Å². The Labute approximate surface area is 161 Å². The molecule has 28 heavy (non-hydrogen) atoms. The number of rotatable bonds is 7. The van der Waals surface area contributed by atoms with Gasteiger partial charge in [0.05, 0.1) is 57.3 Å². The summed E-state index contributed by atoms with van der Waals surface area (Å²) in [5, 5.41) is 11.4. The van der Waals surface area contributed by atoms with Gasteiger partial charge in [-0.1, -0.05) is 0 Å². The van der Waals surface area contributed by atoms with E-state index in [1.165, 1.54) is 34.5 Å². The van der Waals surface area contributed by atoms with E-state index in [0.717, 1.165) is 0 Å². The Bertz CT molecular complexity index is 990. The van der Waals surface area contributed by atoms with Gasteiger partial charge >= 0.3 is 5.69 Å². The van der Waals surface area contributed by atoms with Crippen LogP contribution < -0.4 is 18.9 Å². The van der Waals surface area contributed by atoms with Gasteiger partial charge in [-0.2, -0.15) is 0 Å². The van der Waals surface area contributed by atoms with Crippen molar-refractivity contribution in [2.24, 2.45) is 0 Å². The van der Waals surface area contributed by atoms with Crippen LogP contribution in [0.2, 0.25) is 0 Å². The molecular formula is C19H19N3O6. The average Bonchev–Trinajstić information content (AvgIpc) is 3.21. The lowest BCUT2D eigenvalue weighted by molar-refractivity contribution is -0.385. The molecule has 1 heterocycles. The fourth-order valence-corrected chi connectivity index (χ4v) is 2.91. The van der Waals surface area contributed by atoms with Crippen LogP contribution in [-0.4, -0.2) is 42.9 Å². The van der Waals surface area contributed by atoms with Gasteiger partial charge in [-0.25, -0.2) is 4.98 Å². The molecule has 0 aliphatic rings. The molecule has 0 saturated heterocycles. The first kappa shape index (κ1) is 19.0. The summed E-state index contributed by atoms with van der Waals surface area (Å²) in [5.41, 5.74) is 1.83. The van der Waals surface area contributed by atoms with Gasteiger partial charge in [0.15, 0.2) is 17.2 Å². The highest BCUT2D eigenvalue weighted by molar-refractivity contribution is 5.69. The second-order valence-electron chi connectivity index (χ2n) is 5.68. The van der Waals surface area contributed by atoms with Gasteiger partial charge in [0, 0.05) is 23.8 Å². The second kappa shape index (κ2) is 7.87. The van der Waals surface area contributed by atoms with Crippen LogP contribution in [0.1, 0.15) is 0 Å². The van der Waals surface area contributed by atoms with E-state index in [0.29, 0.717) is 34.2 Å². The van der Waals surface area contributed by atoms with Gasteiger partial charge in [0.2, 0.25) is 5.75 Å². The minimum atomic E-state index is -0.484. The summed E-state index contributed by atoms with van der Waals surface area (Å²) in [6, 6.07) is 8.27. The number of ether oxygens (including phenoxy) is 4. The molecule has 0 aliphatic carbocycles. The zero-order chi connectivity index (χ0) is 20.3. The quantitative estimate of drug-likeness (QED) is 0.453. The lowest BCUT2D eigenvalue weighted by atomic mass is 10.1. The van der Waals surface area contributed by atoms with E-state index in [9.17, 15) is 10.1 Å². The molecule has 9 heteroatoms. The van der Waals surface area contributed by atoms with Crippen molar-refractivity contribution < 1.29 is 23.9 Å². The molecule has 1 aromatic heterocycles. The molecule has 0 fully saturated rings. The van der Waals surface area contributed by atoms with Crippen molar-refractivity contribution in [3.8, 4) is 39.9 Å². The number of aromatic nitrogens is 2. The predicted octanol–water partition coefficient (Wildman–Crippen LogP) is 3.48. The maximum atomic E-state index is 11.4. The summed E-state index contributed by atoms with van der Waals surface area (Å²) in [6.07, 6.45) is 3.22. The van der Waals surface area contributed by atoms with E-state index in [1.54, 1.807) is 41.4 Å². The summed E-state index contributed by atoms with van der Waals surface area (Å²) >= 11 is 0. The number of benzene rings is 2. The molecule has 2 aromatic carbocycles. The number of nitrogens with zero attached hydrogens (tertiary/aromatic N) is 3. The third kappa shape index (κ3) is 3.29. The van der Waals surface area contributed by atoms with Gasteiger partial charge in [0.25, 0.3) is 0 Å². The number of nitro benzene ring substituents is 1. The SMILES string of the molecule is COc1ccc(-c2cncn2-c2cc(OC)c(OC)c(OC)c2)cc1[N+](=O)[O-]. The third-order valence-electron chi connectivity index (χ3n) is 4.24. The van der Waals surface area contributed by atoms with E-state index in [-0.39, 0.29) is 11.4 Å². The Hall–Kier alpha value is -3.75. The highest BCUT2D eigenvalue weighted by Gasteiger charge is 2.19. The zero-order valence-corrected chi connectivity index (χ0v) is 15.8. The Balaban J connectivity index is 2.16. The van der Waals surface area contributed by atoms with Crippen molar-refractivity contribution in [3.05, 3.63) is 53.0 Å². The molecule has 0 radical (unpaired) electrons. The van der Waals surface area contributed by atoms with Crippen LogP contribution in [0.4, 0.5) is 5.69 Å². The van der Waals surface area contributed by atoms with E-state index in [2.05, 4.69) is 4.98 Å². The minimum Gasteiger partial charge on any atom is -0.493 e. The molecule has 0 amide bonds. The molecule has 0 unspecified atom stereocenters. The average molecular weight is 385 g/mol. The third-order valence-corrected chi connectivity index (χ3v) is 4.24. The largest absolute Gasteiger partial charge is 0.493 e. The smallest absolute Gasteiger partial charge is 0.311 e. The molecule has 0 aliphatic heterocycles. The van der Waals surface area contributed by atoms with Crippen LogP contribution in [0.15, 0.2) is 42.9 Å². The highest BCUT2D eigenvalue weighted by Crippen LogP contribution is 2.40. The van der Waals surface area contributed by atoms with E-state index < -0.39 is 4.92 Å². The Morgan fingerprint density at radius 1 is 0.929 bits per heavy atom. The van der Waals surface area contributed by atoms with Crippen LogP contribution in [0, 0.1) is 10.1 Å². The molecule has 0 bridgehead atoms. The summed E-state index contributed by atoms with van der Waals surface area (Å²) < 4.78 is 23.0. The number of imidazole rings is 1. The van der Waals surface area contributed by atoms with E-state index in [4.69, 9.17) is 18.9 Å². The molecule has 0 atom stereocenters. The lowest BCUT2D eigenvalue weighted by Crippen LogP contribution is -2.01. The van der Waals surface area contributed by atoms with Gasteiger partial charge in [-0.15, -0.1) is 0 Å². The first-order valence-electron chi connectivity index (χ1n) is 8.19. The summed E-state index contributed by atoms with van der Waals surface area (Å²) in [4.78, 5) is 15.1. The minimum absolute atomic E-state index is 0.127. The Morgan fingerprint density at radius 3 is 2.11 bits per heavy atom. The summed E-state index contributed by atoms with van der Waals surface area (Å²) in [6.45, 7) is 0. The number of hydrogen-bond acceptors (Lipinski definition) is 7. The van der Waals surface area contributed by atoms with Crippen LogP contribution in [0.25, 0.3) is 16.9 Å². The first-order valence-corrected chi connectivity index (χ1v) is 8.19. The lowest BCUT2D eigenvalue weighted by Gasteiger charge is -2.16. The summed E-state index contributed by atoms with van der Waals surface area (Å²) in [5.74, 6) is 1.62. The number of methoxy groups -OCH3 is 4. The van der Waals surface area contributed by atoms with Gasteiger partial charge < -0.3 is 18.9 Å². The Kier molecular flexibility index (Phi) is 5.35. The second-order valence-corrected chi connectivity index (χ2v) is 5.68. The predicted molar refractivity (Wildman–Crippen MR) is 102 cm³/mol. The maximum Gasteiger partial charge on any atom is 0.311 e. The van der Waals surface area contributed by atoms with Crippen molar-refractivity contribution in [1.29, 1.82) is 0 Å². The number of nitro groups is 1. The molecular weight excluding hydrogens is 366 g/mol. The maximum absolute atomic E-state index is 11.4. The molecule has 0 saturated carbocycles. The van der Waals surface area contributed by atoms with Crippen LogP contribution in [-0.2, 0) is 0 Å². The molecule has 3 rings (SSSR count). The Morgan fingerprint density at radius 2 is 1.57 bits per heavy atom. The normalized spacial score (nSPS) is 10.4. The molecule has 0 spiro atoms. The monoisotopic (exact) mass is 385 g/mol. The number of hydrogen-bond donors (Lipinski definition) is 0. The standard InChI is InChI=1S/C19H19N3O6/c1-25-16-6-5-12(7-14(16)22(23)24)15-10-20-11-21(15)13-8-17(26-2)19(28-4)18(9-13)27-3/h5-11H,1-4H3. The topological polar surface area (TPSA) is 97.9 Å². The van der Waals surface area contributed by atoms with Gasteiger partial charge in [-0.3, -0.25) is 14.7 Å². The molecule has 3 aromatic rings. The van der Waals surface area contributed by atoms with E-state index in [1.807, 2.05) is 0 Å². The van der Waals surface area contributed by atoms with E-state index >= 15 is 0 Å². The van der Waals surface area contributed by atoms with Crippen molar-refractivity contribution in [2.75, 3.05) is 28.4 Å². The summed E-state index contributed by atoms with van der Waals surface area (Å²) in [7, 11) is 5.98. The zero-order valence-electron chi connectivity index (χ0n) is 15.8. The van der Waals surface area contributed by atoms with Crippen molar-refractivity contribution in [3.63, 3.8) is 0 Å². The van der Waals surface area contributed by atoms with Crippen LogP contribution in [0.3, 0.4) is 0 Å². The fourth-order valence-electron chi connectivity index (χ4n) is 2.91. The molecule has 0 N–H and O–H groups in total. The van der Waals surface area contributed by atoms with Crippen molar-refractivity contribution in [2.45, 2.75) is 0 Å². The molecule has 146 valence electrons. The van der Waals surface area contributed by atoms with Gasteiger partial charge in [-0.05, 0) is 12.1 Å². The van der Waals surface area contributed by atoms with Crippen LogP contribution >= 0.6 is 0 Å². The first-order chi connectivity index (χ1) is 13.5. The van der Waals surface area contributed by atoms with Crippen LogP contribution in [0.5, 0.6) is 23.0 Å². The molecule has 9 nitrogen and oxygen atoms in total. The highest BCUT2D eigenvalue weighted by atomic mass is 16.6.